The zero-order chi connectivity index (χ0) is 18.9. The molecule has 0 aliphatic carbocycles. The molecule has 1 aromatic carbocycles. The van der Waals surface area contributed by atoms with Crippen LogP contribution in [0.1, 0.15) is 13.3 Å². The summed E-state index contributed by atoms with van der Waals surface area (Å²) in [7, 11) is 0.603. The van der Waals surface area contributed by atoms with E-state index in [1.807, 2.05) is 42.8 Å². The van der Waals surface area contributed by atoms with Crippen LogP contribution in [0.2, 0.25) is 0 Å². The minimum absolute atomic E-state index is 0.0262. The fourth-order valence-corrected chi connectivity index (χ4v) is 5.23. The lowest BCUT2D eigenvalue weighted by Crippen LogP contribution is -2.37. The first-order chi connectivity index (χ1) is 12.3. The first kappa shape index (κ1) is 19.1. The van der Waals surface area contributed by atoms with Gasteiger partial charge in [-0.1, -0.05) is 6.92 Å². The van der Waals surface area contributed by atoms with E-state index in [1.165, 1.54) is 0 Å². The van der Waals surface area contributed by atoms with Crippen molar-refractivity contribution in [3.63, 3.8) is 0 Å². The lowest BCUT2D eigenvalue weighted by atomic mass is 10.2. The third-order valence-electron chi connectivity index (χ3n) is 4.84. The first-order valence-corrected chi connectivity index (χ1v) is 10.8. The molecule has 2 heterocycles. The van der Waals surface area contributed by atoms with Crippen LogP contribution in [0.4, 0.5) is 0 Å². The molecule has 0 saturated carbocycles. The van der Waals surface area contributed by atoms with E-state index in [4.69, 9.17) is 17.0 Å². The van der Waals surface area contributed by atoms with Gasteiger partial charge in [-0.3, -0.25) is 4.90 Å². The summed E-state index contributed by atoms with van der Waals surface area (Å²) in [6, 6.07) is 7.69. The van der Waals surface area contributed by atoms with Gasteiger partial charge in [-0.2, -0.15) is 5.10 Å². The minimum atomic E-state index is -2.92. The van der Waals surface area contributed by atoms with E-state index in [1.54, 1.807) is 11.8 Å². The normalized spacial score (nSPS) is 19.2. The van der Waals surface area contributed by atoms with Gasteiger partial charge in [0.15, 0.2) is 20.4 Å². The maximum absolute atomic E-state index is 11.8. The third-order valence-corrected chi connectivity index (χ3v) is 7.07. The van der Waals surface area contributed by atoms with Gasteiger partial charge in [0.25, 0.3) is 0 Å². The van der Waals surface area contributed by atoms with Gasteiger partial charge in [0.1, 0.15) is 5.75 Å². The fraction of sp³-hybridized carbons (Fsp3) is 0.529. The van der Waals surface area contributed by atoms with Gasteiger partial charge in [0.2, 0.25) is 0 Å². The standard InChI is InChI=1S/C17H24N4O3S2/c1-4-20(14-9-10-26(22,23)11-14)12-21-17(25)19(2)16(18-21)13-5-7-15(24-3)8-6-13/h5-8,14H,4,9-12H2,1-3H3/t14-/m1/s1. The van der Waals surface area contributed by atoms with E-state index in [2.05, 4.69) is 10.00 Å². The zero-order valence-corrected chi connectivity index (χ0v) is 16.9. The Morgan fingerprint density at radius 3 is 2.58 bits per heavy atom. The highest BCUT2D eigenvalue weighted by Crippen LogP contribution is 2.22. The van der Waals surface area contributed by atoms with Gasteiger partial charge in [-0.05, 0) is 49.4 Å². The van der Waals surface area contributed by atoms with Gasteiger partial charge in [-0.25, -0.2) is 13.1 Å². The molecule has 142 valence electrons. The van der Waals surface area contributed by atoms with Crippen molar-refractivity contribution < 1.29 is 13.2 Å². The molecule has 1 atom stereocenters. The smallest absolute Gasteiger partial charge is 0.199 e. The van der Waals surface area contributed by atoms with E-state index in [-0.39, 0.29) is 17.5 Å². The quantitative estimate of drug-likeness (QED) is 0.697. The predicted octanol–water partition coefficient (Wildman–Crippen LogP) is 2.09. The maximum atomic E-state index is 11.8. The summed E-state index contributed by atoms with van der Waals surface area (Å²) < 4.78 is 33.0. The van der Waals surface area contributed by atoms with Crippen LogP contribution in [0.3, 0.4) is 0 Å². The van der Waals surface area contributed by atoms with Crippen LogP contribution in [-0.4, -0.2) is 58.9 Å². The molecular formula is C17H24N4O3S2. The molecule has 1 aliphatic heterocycles. The van der Waals surface area contributed by atoms with E-state index < -0.39 is 9.84 Å². The highest BCUT2D eigenvalue weighted by molar-refractivity contribution is 7.91. The molecule has 1 aliphatic rings. The monoisotopic (exact) mass is 396 g/mol. The van der Waals surface area contributed by atoms with Gasteiger partial charge in [0.05, 0.1) is 25.3 Å². The number of nitrogens with zero attached hydrogens (tertiary/aromatic N) is 4. The summed E-state index contributed by atoms with van der Waals surface area (Å²) in [5, 5.41) is 4.67. The van der Waals surface area contributed by atoms with Gasteiger partial charge < -0.3 is 9.30 Å². The SMILES string of the molecule is CCN(Cn1nc(-c2ccc(OC)cc2)n(C)c1=S)[C@@H]1CCS(=O)(=O)C1. The summed E-state index contributed by atoms with van der Waals surface area (Å²) >= 11 is 5.54. The number of hydrogen-bond donors (Lipinski definition) is 0. The molecule has 0 amide bonds. The molecule has 0 bridgehead atoms. The lowest BCUT2D eigenvalue weighted by Gasteiger charge is -2.25. The molecule has 0 spiro atoms. The van der Waals surface area contributed by atoms with Gasteiger partial charge in [-0.15, -0.1) is 0 Å². The average Bonchev–Trinajstić information content (AvgIpc) is 3.13. The Bertz CT molecular complexity index is 932. The van der Waals surface area contributed by atoms with Crippen molar-refractivity contribution in [3.8, 4) is 17.1 Å². The van der Waals surface area contributed by atoms with Crippen molar-refractivity contribution in [1.82, 2.24) is 19.2 Å². The molecule has 3 rings (SSSR count). The van der Waals surface area contributed by atoms with Crippen LogP contribution >= 0.6 is 12.2 Å². The Kier molecular flexibility index (Phi) is 5.50. The van der Waals surface area contributed by atoms with Crippen LogP contribution in [0, 0.1) is 4.77 Å². The molecule has 7 nitrogen and oxygen atoms in total. The number of benzene rings is 1. The van der Waals surface area contributed by atoms with Crippen LogP contribution < -0.4 is 4.74 Å². The second kappa shape index (κ2) is 7.50. The number of ether oxygens (including phenoxy) is 1. The molecule has 1 aromatic heterocycles. The third kappa shape index (κ3) is 3.84. The number of aromatic nitrogens is 3. The van der Waals surface area contributed by atoms with Crippen molar-refractivity contribution in [2.24, 2.45) is 7.05 Å². The van der Waals surface area contributed by atoms with E-state index >= 15 is 0 Å². The van der Waals surface area contributed by atoms with Crippen LogP contribution in [-0.2, 0) is 23.6 Å². The Labute approximate surface area is 159 Å². The molecule has 1 saturated heterocycles. The van der Waals surface area contributed by atoms with Gasteiger partial charge in [0, 0.05) is 18.7 Å². The number of hydrogen-bond acceptors (Lipinski definition) is 6. The molecule has 0 radical (unpaired) electrons. The summed E-state index contributed by atoms with van der Waals surface area (Å²) in [6.45, 7) is 3.26. The summed E-state index contributed by atoms with van der Waals surface area (Å²) in [6.07, 6.45) is 0.668. The molecule has 1 fully saturated rings. The molecule has 0 N–H and O–H groups in total. The van der Waals surface area contributed by atoms with Crippen molar-refractivity contribution in [3.05, 3.63) is 29.0 Å². The Morgan fingerprint density at radius 1 is 1.35 bits per heavy atom. The van der Waals surface area contributed by atoms with Crippen molar-refractivity contribution in [2.45, 2.75) is 26.1 Å². The predicted molar refractivity (Wildman–Crippen MR) is 103 cm³/mol. The Balaban J connectivity index is 1.85. The second-order valence-electron chi connectivity index (χ2n) is 6.50. The van der Waals surface area contributed by atoms with Crippen LogP contribution in [0.15, 0.2) is 24.3 Å². The number of methoxy groups -OCH3 is 1. The summed E-state index contributed by atoms with van der Waals surface area (Å²) in [4.78, 5) is 2.13. The maximum Gasteiger partial charge on any atom is 0.199 e. The topological polar surface area (TPSA) is 69.4 Å². The van der Waals surface area contributed by atoms with Crippen LogP contribution in [0.5, 0.6) is 5.75 Å². The number of rotatable bonds is 6. The molecular weight excluding hydrogens is 372 g/mol. The summed E-state index contributed by atoms with van der Waals surface area (Å²) in [5.41, 5.74) is 0.949. The first-order valence-electron chi connectivity index (χ1n) is 8.57. The largest absolute Gasteiger partial charge is 0.497 e. The molecule has 0 unspecified atom stereocenters. The molecule has 26 heavy (non-hydrogen) atoms. The van der Waals surface area contributed by atoms with E-state index in [0.29, 0.717) is 17.9 Å². The lowest BCUT2D eigenvalue weighted by molar-refractivity contribution is 0.164. The van der Waals surface area contributed by atoms with Crippen LogP contribution in [0.25, 0.3) is 11.4 Å². The highest BCUT2D eigenvalue weighted by Gasteiger charge is 2.32. The van der Waals surface area contributed by atoms with Gasteiger partial charge >= 0.3 is 0 Å². The van der Waals surface area contributed by atoms with E-state index in [0.717, 1.165) is 23.7 Å². The van der Waals surface area contributed by atoms with Crippen molar-refractivity contribution in [1.29, 1.82) is 0 Å². The summed E-state index contributed by atoms with van der Waals surface area (Å²) in [5.74, 6) is 2.03. The number of sulfone groups is 1. The average molecular weight is 397 g/mol. The fourth-order valence-electron chi connectivity index (χ4n) is 3.28. The Morgan fingerprint density at radius 2 is 2.04 bits per heavy atom. The van der Waals surface area contributed by atoms with Crippen molar-refractivity contribution in [2.75, 3.05) is 25.2 Å². The minimum Gasteiger partial charge on any atom is -0.497 e. The van der Waals surface area contributed by atoms with Crippen molar-refractivity contribution >= 4 is 22.1 Å². The second-order valence-corrected chi connectivity index (χ2v) is 9.09. The zero-order valence-electron chi connectivity index (χ0n) is 15.3. The molecule has 2 aromatic rings. The van der Waals surface area contributed by atoms with E-state index in [9.17, 15) is 8.42 Å². The Hall–Kier alpha value is -1.71. The molecule has 9 heteroatoms. The highest BCUT2D eigenvalue weighted by atomic mass is 32.2.